The Kier molecular flexibility index (Phi) is 11.7. The predicted molar refractivity (Wildman–Crippen MR) is 125 cm³/mol. The largest absolute Gasteiger partial charge is 0.463 e. The molecule has 2 rings (SSSR count). The van der Waals surface area contributed by atoms with Gasteiger partial charge in [-0.25, -0.2) is 0 Å². The zero-order chi connectivity index (χ0) is 26.8. The van der Waals surface area contributed by atoms with Crippen LogP contribution in [-0.4, -0.2) is 102 Å². The van der Waals surface area contributed by atoms with Crippen molar-refractivity contribution in [1.29, 1.82) is 0 Å². The first-order chi connectivity index (χ1) is 17.1. The van der Waals surface area contributed by atoms with E-state index < -0.39 is 67.8 Å². The topological polar surface area (TPSA) is 196 Å². The number of aliphatic hydroxyl groups excluding tert-OH is 4. The van der Waals surface area contributed by atoms with Gasteiger partial charge in [-0.3, -0.25) is 14.4 Å². The summed E-state index contributed by atoms with van der Waals surface area (Å²) in [6.45, 7) is 2.96. The number of nitrogens with one attached hydrogen (secondary N) is 3. The standard InChI is InChI=1S/C23H35N3O10/c1-12(2)17(24-3)22(33)26-15(10-35-23-20(31)19(30)18(29)16(8-27)36-23)21(32)25-14-6-4-13(5-7-14)9-34-11-28/h4-7,11-12,15-20,23-24,27,29-31H,8-10H2,1-3H3,(H,25,32)(H,26,33). The highest BCUT2D eigenvalue weighted by Gasteiger charge is 2.44. The van der Waals surface area contributed by atoms with Gasteiger partial charge in [0.05, 0.1) is 19.3 Å². The van der Waals surface area contributed by atoms with E-state index in [1.54, 1.807) is 31.3 Å². The van der Waals surface area contributed by atoms with E-state index in [4.69, 9.17) is 9.47 Å². The van der Waals surface area contributed by atoms with Crippen LogP contribution in [0, 0.1) is 5.92 Å². The molecule has 1 aromatic carbocycles. The van der Waals surface area contributed by atoms with Crippen molar-refractivity contribution in [3.05, 3.63) is 29.8 Å². The molecule has 13 heteroatoms. The highest BCUT2D eigenvalue weighted by atomic mass is 16.7. The molecule has 36 heavy (non-hydrogen) atoms. The van der Waals surface area contributed by atoms with Crippen molar-refractivity contribution in [1.82, 2.24) is 10.6 Å². The van der Waals surface area contributed by atoms with Crippen molar-refractivity contribution in [3.63, 3.8) is 0 Å². The van der Waals surface area contributed by atoms with E-state index in [1.807, 2.05) is 13.8 Å². The number of aliphatic hydroxyl groups is 4. The maximum atomic E-state index is 13.0. The van der Waals surface area contributed by atoms with Crippen LogP contribution < -0.4 is 16.0 Å². The minimum Gasteiger partial charge on any atom is -0.463 e. The van der Waals surface area contributed by atoms with Crippen LogP contribution in [0.1, 0.15) is 19.4 Å². The highest BCUT2D eigenvalue weighted by Crippen LogP contribution is 2.22. The molecular formula is C23H35N3O10. The summed E-state index contributed by atoms with van der Waals surface area (Å²) in [5, 5.41) is 47.6. The number of hydrogen-bond donors (Lipinski definition) is 7. The number of anilines is 1. The quantitative estimate of drug-likeness (QED) is 0.142. The minimum atomic E-state index is -1.66. The summed E-state index contributed by atoms with van der Waals surface area (Å²) < 4.78 is 15.5. The number of ether oxygens (including phenoxy) is 3. The summed E-state index contributed by atoms with van der Waals surface area (Å²) >= 11 is 0. The fraction of sp³-hybridized carbons (Fsp3) is 0.609. The molecule has 2 amide bonds. The average Bonchev–Trinajstić information content (AvgIpc) is 2.85. The van der Waals surface area contributed by atoms with E-state index >= 15 is 0 Å². The Morgan fingerprint density at radius 3 is 2.31 bits per heavy atom. The molecule has 0 aliphatic carbocycles. The van der Waals surface area contributed by atoms with Gasteiger partial charge in [0.2, 0.25) is 11.8 Å². The Labute approximate surface area is 208 Å². The molecule has 7 atom stereocenters. The van der Waals surface area contributed by atoms with Crippen molar-refractivity contribution < 1.29 is 49.0 Å². The molecule has 1 fully saturated rings. The van der Waals surface area contributed by atoms with Crippen LogP contribution in [0.4, 0.5) is 5.69 Å². The first-order valence-corrected chi connectivity index (χ1v) is 11.5. The van der Waals surface area contributed by atoms with Gasteiger partial charge in [-0.2, -0.15) is 0 Å². The molecule has 7 unspecified atom stereocenters. The summed E-state index contributed by atoms with van der Waals surface area (Å²) in [4.78, 5) is 36.2. The van der Waals surface area contributed by atoms with Gasteiger partial charge in [0.25, 0.3) is 6.47 Å². The monoisotopic (exact) mass is 513 g/mol. The number of carbonyl (C=O) groups is 3. The lowest BCUT2D eigenvalue weighted by Crippen LogP contribution is -2.60. The summed E-state index contributed by atoms with van der Waals surface area (Å²) in [5.74, 6) is -1.19. The summed E-state index contributed by atoms with van der Waals surface area (Å²) in [5.41, 5.74) is 1.10. The maximum Gasteiger partial charge on any atom is 0.293 e. The van der Waals surface area contributed by atoms with Gasteiger partial charge < -0.3 is 50.6 Å². The van der Waals surface area contributed by atoms with Crippen molar-refractivity contribution >= 4 is 24.0 Å². The van der Waals surface area contributed by atoms with Gasteiger partial charge in [0.1, 0.15) is 37.1 Å². The highest BCUT2D eigenvalue weighted by molar-refractivity contribution is 5.98. The molecule has 0 radical (unpaired) electrons. The van der Waals surface area contributed by atoms with Gasteiger partial charge in [-0.15, -0.1) is 0 Å². The van der Waals surface area contributed by atoms with Crippen LogP contribution in [0.5, 0.6) is 0 Å². The molecule has 1 saturated heterocycles. The zero-order valence-corrected chi connectivity index (χ0v) is 20.4. The molecule has 0 saturated carbocycles. The van der Waals surface area contributed by atoms with Crippen molar-refractivity contribution in [2.75, 3.05) is 25.6 Å². The Bertz CT molecular complexity index is 851. The Hall–Kier alpha value is -2.65. The Morgan fingerprint density at radius 2 is 1.75 bits per heavy atom. The molecule has 1 aromatic rings. The number of benzene rings is 1. The third kappa shape index (κ3) is 7.93. The molecule has 1 heterocycles. The molecule has 1 aliphatic heterocycles. The molecule has 0 spiro atoms. The smallest absolute Gasteiger partial charge is 0.293 e. The van der Waals surface area contributed by atoms with E-state index in [0.717, 1.165) is 0 Å². The Balaban J connectivity index is 2.14. The molecular weight excluding hydrogens is 478 g/mol. The third-order valence-electron chi connectivity index (χ3n) is 5.71. The molecule has 202 valence electrons. The second-order valence-corrected chi connectivity index (χ2v) is 8.70. The van der Waals surface area contributed by atoms with Crippen molar-refractivity contribution in [2.45, 2.75) is 63.2 Å². The lowest BCUT2D eigenvalue weighted by atomic mass is 9.99. The summed E-state index contributed by atoms with van der Waals surface area (Å²) in [6.07, 6.45) is -7.55. The zero-order valence-electron chi connectivity index (χ0n) is 20.4. The minimum absolute atomic E-state index is 0.0734. The number of carbonyl (C=O) groups excluding carboxylic acids is 3. The Morgan fingerprint density at radius 1 is 1.08 bits per heavy atom. The SMILES string of the molecule is CNC(C(=O)NC(COC1OC(CO)C(O)C(O)C1O)C(=O)Nc1ccc(COC=O)cc1)C(C)C. The van der Waals surface area contributed by atoms with E-state index in [9.17, 15) is 34.8 Å². The second kappa shape index (κ2) is 14.2. The van der Waals surface area contributed by atoms with Crippen molar-refractivity contribution in [2.24, 2.45) is 5.92 Å². The fourth-order valence-electron chi connectivity index (χ4n) is 3.65. The average molecular weight is 514 g/mol. The van der Waals surface area contributed by atoms with Gasteiger partial charge in [-0.1, -0.05) is 26.0 Å². The third-order valence-corrected chi connectivity index (χ3v) is 5.71. The second-order valence-electron chi connectivity index (χ2n) is 8.70. The van der Waals surface area contributed by atoms with Crippen LogP contribution in [-0.2, 0) is 35.2 Å². The molecule has 7 N–H and O–H groups in total. The van der Waals surface area contributed by atoms with Crippen LogP contribution in [0.15, 0.2) is 24.3 Å². The number of likely N-dealkylation sites (N-methyl/N-ethyl adjacent to an activating group) is 1. The molecule has 1 aliphatic rings. The first kappa shape index (κ1) is 29.6. The lowest BCUT2D eigenvalue weighted by Gasteiger charge is -2.40. The van der Waals surface area contributed by atoms with E-state index in [0.29, 0.717) is 17.7 Å². The maximum absolute atomic E-state index is 13.0. The van der Waals surface area contributed by atoms with E-state index in [2.05, 4.69) is 20.7 Å². The number of hydrogen-bond acceptors (Lipinski definition) is 11. The van der Waals surface area contributed by atoms with Crippen molar-refractivity contribution in [3.8, 4) is 0 Å². The number of rotatable bonds is 13. The summed E-state index contributed by atoms with van der Waals surface area (Å²) in [7, 11) is 1.61. The number of amides is 2. The van der Waals surface area contributed by atoms with Crippen LogP contribution in [0.3, 0.4) is 0 Å². The van der Waals surface area contributed by atoms with Crippen LogP contribution in [0.25, 0.3) is 0 Å². The van der Waals surface area contributed by atoms with E-state index in [-0.39, 0.29) is 12.5 Å². The van der Waals surface area contributed by atoms with Crippen LogP contribution >= 0.6 is 0 Å². The van der Waals surface area contributed by atoms with Gasteiger partial charge in [0.15, 0.2) is 6.29 Å². The summed E-state index contributed by atoms with van der Waals surface area (Å²) in [6, 6.07) is 4.62. The molecule has 13 nitrogen and oxygen atoms in total. The first-order valence-electron chi connectivity index (χ1n) is 11.5. The predicted octanol–water partition coefficient (Wildman–Crippen LogP) is -2.16. The molecule has 0 aromatic heterocycles. The fourth-order valence-corrected chi connectivity index (χ4v) is 3.65. The lowest BCUT2D eigenvalue weighted by molar-refractivity contribution is -0.301. The van der Waals surface area contributed by atoms with Gasteiger partial charge in [0, 0.05) is 5.69 Å². The van der Waals surface area contributed by atoms with E-state index in [1.165, 1.54) is 0 Å². The molecule has 0 bridgehead atoms. The van der Waals surface area contributed by atoms with Crippen LogP contribution in [0.2, 0.25) is 0 Å². The van der Waals surface area contributed by atoms with Gasteiger partial charge >= 0.3 is 0 Å². The normalized spacial score (nSPS) is 25.6. The van der Waals surface area contributed by atoms with Gasteiger partial charge in [-0.05, 0) is 30.7 Å².